The van der Waals surface area contributed by atoms with E-state index >= 15 is 13.2 Å². The Hall–Kier alpha value is -3.93. The van der Waals surface area contributed by atoms with Crippen molar-refractivity contribution < 1.29 is 41.0 Å². The summed E-state index contributed by atoms with van der Waals surface area (Å²) in [5, 5.41) is 9.82. The van der Waals surface area contributed by atoms with E-state index in [2.05, 4.69) is 4.90 Å². The summed E-state index contributed by atoms with van der Waals surface area (Å²) in [5.41, 5.74) is -2.45. The molecular weight excluding hydrogens is 674 g/mol. The second-order valence-electron chi connectivity index (χ2n) is 14.7. The molecule has 1 saturated heterocycles. The molecule has 12 heteroatoms. The minimum absolute atomic E-state index is 0.0572. The zero-order valence-corrected chi connectivity index (χ0v) is 29.5. The van der Waals surface area contributed by atoms with E-state index in [1.165, 1.54) is 30.5 Å². The fraction of sp³-hybridized carbons (Fsp3) is 0.513. The first-order valence-electron chi connectivity index (χ1n) is 17.5. The highest BCUT2D eigenvalue weighted by Gasteiger charge is 2.41. The smallest absolute Gasteiger partial charge is 0.419 e. The lowest BCUT2D eigenvalue weighted by atomic mass is 9.82. The number of hydrogen-bond acceptors (Lipinski definition) is 4. The van der Waals surface area contributed by atoms with Crippen LogP contribution in [0.4, 0.5) is 26.3 Å². The first-order chi connectivity index (χ1) is 23.9. The summed E-state index contributed by atoms with van der Waals surface area (Å²) in [6, 6.07) is 1.96. The van der Waals surface area contributed by atoms with Crippen molar-refractivity contribution in [3.8, 4) is 11.1 Å². The monoisotopic (exact) mass is 718 g/mol. The van der Waals surface area contributed by atoms with E-state index in [-0.39, 0.29) is 41.0 Å². The maximum Gasteiger partial charge on any atom is 0.419 e. The average molecular weight is 719 g/mol. The maximum atomic E-state index is 16.7. The number of aromatic nitrogens is 1. The zero-order chi connectivity index (χ0) is 37.5. The highest BCUT2D eigenvalue weighted by atomic mass is 19.4. The molecule has 0 bridgehead atoms. The minimum atomic E-state index is -5.34. The van der Waals surface area contributed by atoms with Crippen molar-refractivity contribution in [3.63, 3.8) is 0 Å². The molecule has 2 heterocycles. The number of ketones is 1. The number of Topliss-reactive ketones (excluding diaryl/α,β-unsaturated/α-hetero) is 1. The lowest BCUT2D eigenvalue weighted by Gasteiger charge is -2.31. The predicted octanol–water partition coefficient (Wildman–Crippen LogP) is 8.81. The molecule has 2 atom stereocenters. The van der Waals surface area contributed by atoms with Crippen LogP contribution in [0.1, 0.15) is 109 Å². The summed E-state index contributed by atoms with van der Waals surface area (Å²) in [4.78, 5) is 41.8. The molecule has 1 aliphatic heterocycles. The van der Waals surface area contributed by atoms with Crippen LogP contribution in [0.5, 0.6) is 0 Å². The van der Waals surface area contributed by atoms with Gasteiger partial charge in [-0.3, -0.25) is 14.4 Å². The van der Waals surface area contributed by atoms with Crippen LogP contribution in [0.15, 0.2) is 29.2 Å². The molecule has 1 aromatic heterocycles. The fourth-order valence-corrected chi connectivity index (χ4v) is 7.29. The minimum Gasteiger partial charge on any atom is -0.481 e. The standard InChI is InChI=1S/C39H44F6N2O4/c1-20(2)13-30(47-19-25(21(3)15-32(47)49)9-12-46-10-6-11-46)31(48)16-26(17-33(50)51)35-37(41)28(18-29(38(35)42)39(43,44)45)34-22(4)14-27(24-7-8-24)36(40)23(34)5/h14-15,18-20,24,26,30H,6-13,16-17H2,1-5H3,(H,50,51)/t26-,30?/m0/s1. The third-order valence-electron chi connectivity index (χ3n) is 10.3. The SMILES string of the molecule is Cc1cc(=O)n(C(CC(C)C)C(=O)C[C@@H](CC(=O)O)c2c(F)c(-c3c(C)cc(C4CC4)c(F)c3C)cc(C(F)(F)F)c2F)cc1CCN1CCC1. The molecule has 1 aliphatic carbocycles. The summed E-state index contributed by atoms with van der Waals surface area (Å²) in [6.45, 7) is 10.9. The van der Waals surface area contributed by atoms with E-state index in [4.69, 9.17) is 0 Å². The number of carbonyl (C=O) groups is 2. The molecule has 0 spiro atoms. The van der Waals surface area contributed by atoms with Crippen LogP contribution in [0.2, 0.25) is 0 Å². The van der Waals surface area contributed by atoms with Crippen LogP contribution in [0, 0.1) is 44.1 Å². The molecule has 1 unspecified atom stereocenters. The zero-order valence-electron chi connectivity index (χ0n) is 29.5. The van der Waals surface area contributed by atoms with Gasteiger partial charge in [-0.2, -0.15) is 13.2 Å². The van der Waals surface area contributed by atoms with Gasteiger partial charge in [0.25, 0.3) is 5.56 Å². The van der Waals surface area contributed by atoms with Crippen LogP contribution in [-0.4, -0.2) is 46.0 Å². The second-order valence-corrected chi connectivity index (χ2v) is 14.7. The normalized spacial score (nSPS) is 16.3. The van der Waals surface area contributed by atoms with Crippen molar-refractivity contribution in [2.24, 2.45) is 5.92 Å². The number of aliphatic carboxylic acids is 1. The largest absolute Gasteiger partial charge is 0.481 e. The first kappa shape index (κ1) is 38.3. The highest BCUT2D eigenvalue weighted by molar-refractivity contribution is 5.84. The van der Waals surface area contributed by atoms with Gasteiger partial charge in [-0.15, -0.1) is 0 Å². The summed E-state index contributed by atoms with van der Waals surface area (Å²) in [5.74, 6) is -8.67. The van der Waals surface area contributed by atoms with E-state index in [0.29, 0.717) is 12.0 Å². The van der Waals surface area contributed by atoms with Gasteiger partial charge in [0.05, 0.1) is 18.0 Å². The number of carbonyl (C=O) groups excluding carboxylic acids is 1. The van der Waals surface area contributed by atoms with Gasteiger partial charge >= 0.3 is 12.1 Å². The van der Waals surface area contributed by atoms with Crippen LogP contribution >= 0.6 is 0 Å². The molecule has 3 aromatic rings. The number of rotatable bonds is 14. The molecule has 6 nitrogen and oxygen atoms in total. The van der Waals surface area contributed by atoms with Crippen molar-refractivity contribution in [2.45, 2.75) is 104 Å². The third-order valence-corrected chi connectivity index (χ3v) is 10.3. The fourth-order valence-electron chi connectivity index (χ4n) is 7.29. The Bertz CT molecular complexity index is 1890. The Morgan fingerprint density at radius 2 is 1.61 bits per heavy atom. The molecule has 0 amide bonds. The van der Waals surface area contributed by atoms with Crippen molar-refractivity contribution in [3.05, 3.63) is 91.1 Å². The number of halogens is 6. The van der Waals surface area contributed by atoms with Gasteiger partial charge in [-0.05, 0) is 117 Å². The Kier molecular flexibility index (Phi) is 11.2. The maximum absolute atomic E-state index is 16.7. The van der Waals surface area contributed by atoms with E-state index in [9.17, 15) is 32.7 Å². The average Bonchev–Trinajstić information content (AvgIpc) is 3.84. The lowest BCUT2D eigenvalue weighted by Crippen LogP contribution is -2.38. The van der Waals surface area contributed by atoms with Crippen molar-refractivity contribution in [1.82, 2.24) is 9.47 Å². The molecule has 276 valence electrons. The Morgan fingerprint density at radius 1 is 0.941 bits per heavy atom. The third kappa shape index (κ3) is 8.26. The number of aryl methyl sites for hydroxylation is 2. The molecule has 51 heavy (non-hydrogen) atoms. The van der Waals surface area contributed by atoms with E-state index in [1.54, 1.807) is 27.0 Å². The van der Waals surface area contributed by atoms with Crippen LogP contribution in [0.3, 0.4) is 0 Å². The summed E-state index contributed by atoms with van der Waals surface area (Å²) in [7, 11) is 0. The van der Waals surface area contributed by atoms with E-state index in [1.807, 2.05) is 0 Å². The van der Waals surface area contributed by atoms with Gasteiger partial charge < -0.3 is 14.6 Å². The van der Waals surface area contributed by atoms with Gasteiger partial charge in [0, 0.05) is 42.3 Å². The van der Waals surface area contributed by atoms with Crippen molar-refractivity contribution >= 4 is 11.8 Å². The van der Waals surface area contributed by atoms with Gasteiger partial charge in [-0.25, -0.2) is 13.2 Å². The number of nitrogens with zero attached hydrogens (tertiary/aromatic N) is 2. The Balaban J connectivity index is 1.62. The van der Waals surface area contributed by atoms with Crippen LogP contribution in [-0.2, 0) is 22.2 Å². The summed E-state index contributed by atoms with van der Waals surface area (Å²) >= 11 is 0. The van der Waals surface area contributed by atoms with Crippen molar-refractivity contribution in [2.75, 3.05) is 19.6 Å². The number of pyridine rings is 1. The number of alkyl halides is 3. The topological polar surface area (TPSA) is 79.6 Å². The molecule has 1 N–H and O–H groups in total. The number of benzene rings is 2. The van der Waals surface area contributed by atoms with E-state index in [0.717, 1.165) is 50.0 Å². The lowest BCUT2D eigenvalue weighted by molar-refractivity contribution is -0.140. The van der Waals surface area contributed by atoms with Gasteiger partial charge in [0.15, 0.2) is 5.78 Å². The van der Waals surface area contributed by atoms with E-state index < -0.39 is 82.4 Å². The van der Waals surface area contributed by atoms with Gasteiger partial charge in [0.2, 0.25) is 0 Å². The number of carboxylic acids is 1. The summed E-state index contributed by atoms with van der Waals surface area (Å²) in [6.07, 6.45) is -2.42. The molecular formula is C39H44F6N2O4. The molecule has 5 rings (SSSR count). The molecule has 2 fully saturated rings. The Labute approximate surface area is 293 Å². The highest BCUT2D eigenvalue weighted by Crippen LogP contribution is 2.47. The van der Waals surface area contributed by atoms with Gasteiger partial charge in [0.1, 0.15) is 17.5 Å². The number of carboxylic acid groups (broad SMARTS) is 1. The van der Waals surface area contributed by atoms with Crippen LogP contribution < -0.4 is 5.56 Å². The van der Waals surface area contributed by atoms with Gasteiger partial charge in [-0.1, -0.05) is 19.9 Å². The number of likely N-dealkylation sites (tertiary alicyclic amines) is 1. The summed E-state index contributed by atoms with van der Waals surface area (Å²) < 4.78 is 92.7. The molecule has 1 saturated carbocycles. The van der Waals surface area contributed by atoms with Crippen molar-refractivity contribution in [1.29, 1.82) is 0 Å². The van der Waals surface area contributed by atoms with Crippen LogP contribution in [0.25, 0.3) is 11.1 Å². The quantitative estimate of drug-likeness (QED) is 0.169. The number of hydrogen-bond donors (Lipinski definition) is 1. The first-order valence-corrected chi connectivity index (χ1v) is 17.5. The molecule has 2 aromatic carbocycles. The molecule has 2 aliphatic rings. The molecule has 0 radical (unpaired) electrons. The Morgan fingerprint density at radius 3 is 2.16 bits per heavy atom. The second kappa shape index (κ2) is 15.0. The predicted molar refractivity (Wildman–Crippen MR) is 182 cm³/mol.